The zero-order chi connectivity index (χ0) is 21.4. The molecule has 31 heavy (non-hydrogen) atoms. The van der Waals surface area contributed by atoms with Crippen molar-refractivity contribution in [3.05, 3.63) is 118 Å². The van der Waals surface area contributed by atoms with E-state index in [1.54, 1.807) is 18.2 Å². The summed E-state index contributed by atoms with van der Waals surface area (Å²) in [6, 6.07) is 25.9. The number of para-hydroxylation sites is 1. The first kappa shape index (κ1) is 18.9. The maximum atomic E-state index is 14.1. The van der Waals surface area contributed by atoms with Gasteiger partial charge in [-0.1, -0.05) is 66.7 Å². The molecular weight excluding hydrogens is 387 g/mol. The SMILES string of the molecule is Cc1ccc(F)cc1-n1c(/C=C/c2cccc3ccccc23)nc2ccccc2c1=O. The van der Waals surface area contributed by atoms with Crippen molar-refractivity contribution < 1.29 is 4.39 Å². The molecule has 0 saturated carbocycles. The lowest BCUT2D eigenvalue weighted by molar-refractivity contribution is 0.625. The fourth-order valence-electron chi connectivity index (χ4n) is 3.88. The molecular formula is C27H19FN2O. The number of aryl methyl sites for hydroxylation is 1. The van der Waals surface area contributed by atoms with Crippen LogP contribution in [0.5, 0.6) is 0 Å². The lowest BCUT2D eigenvalue weighted by Crippen LogP contribution is -2.23. The molecule has 3 nitrogen and oxygen atoms in total. The van der Waals surface area contributed by atoms with E-state index in [0.29, 0.717) is 22.4 Å². The Morgan fingerprint density at radius 3 is 2.45 bits per heavy atom. The maximum Gasteiger partial charge on any atom is 0.266 e. The summed E-state index contributed by atoms with van der Waals surface area (Å²) < 4.78 is 15.6. The highest BCUT2D eigenvalue weighted by Crippen LogP contribution is 2.22. The minimum Gasteiger partial charge on any atom is -0.268 e. The highest BCUT2D eigenvalue weighted by atomic mass is 19.1. The molecule has 0 spiro atoms. The number of benzene rings is 4. The van der Waals surface area contributed by atoms with E-state index in [0.717, 1.165) is 21.9 Å². The molecule has 0 amide bonds. The summed E-state index contributed by atoms with van der Waals surface area (Å²) >= 11 is 0. The molecule has 0 saturated heterocycles. The van der Waals surface area contributed by atoms with Crippen molar-refractivity contribution in [3.63, 3.8) is 0 Å². The van der Waals surface area contributed by atoms with Gasteiger partial charge in [-0.25, -0.2) is 9.37 Å². The minimum absolute atomic E-state index is 0.225. The van der Waals surface area contributed by atoms with E-state index in [4.69, 9.17) is 4.98 Å². The van der Waals surface area contributed by atoms with Gasteiger partial charge in [-0.05, 0) is 59.2 Å². The Morgan fingerprint density at radius 2 is 1.58 bits per heavy atom. The second kappa shape index (κ2) is 7.65. The van der Waals surface area contributed by atoms with Gasteiger partial charge in [0.05, 0.1) is 16.6 Å². The summed E-state index contributed by atoms with van der Waals surface area (Å²) in [5, 5.41) is 2.74. The summed E-state index contributed by atoms with van der Waals surface area (Å²) in [6.45, 7) is 1.86. The first-order chi connectivity index (χ1) is 15.1. The number of rotatable bonds is 3. The van der Waals surface area contributed by atoms with E-state index < -0.39 is 5.82 Å². The zero-order valence-corrected chi connectivity index (χ0v) is 16.9. The summed E-state index contributed by atoms with van der Waals surface area (Å²) in [5.74, 6) is 0.0509. The second-order valence-electron chi connectivity index (χ2n) is 7.46. The van der Waals surface area contributed by atoms with E-state index in [-0.39, 0.29) is 5.56 Å². The first-order valence-electron chi connectivity index (χ1n) is 10.1. The van der Waals surface area contributed by atoms with Crippen molar-refractivity contribution in [1.82, 2.24) is 9.55 Å². The Hall–Kier alpha value is -4.05. The quantitative estimate of drug-likeness (QED) is 0.360. The van der Waals surface area contributed by atoms with E-state index in [1.807, 2.05) is 55.5 Å². The average Bonchev–Trinajstić information content (AvgIpc) is 2.79. The molecule has 150 valence electrons. The third kappa shape index (κ3) is 3.42. The third-order valence-corrected chi connectivity index (χ3v) is 5.45. The van der Waals surface area contributed by atoms with Crippen LogP contribution in [-0.4, -0.2) is 9.55 Å². The molecule has 0 bridgehead atoms. The Bertz CT molecular complexity index is 1530. The van der Waals surface area contributed by atoms with Crippen LogP contribution in [0.2, 0.25) is 0 Å². The first-order valence-corrected chi connectivity index (χ1v) is 10.1. The topological polar surface area (TPSA) is 34.9 Å². The molecule has 1 heterocycles. The predicted molar refractivity (Wildman–Crippen MR) is 125 cm³/mol. The van der Waals surface area contributed by atoms with Crippen molar-refractivity contribution in [3.8, 4) is 5.69 Å². The molecule has 0 aliphatic heterocycles. The lowest BCUT2D eigenvalue weighted by atomic mass is 10.0. The normalized spacial score (nSPS) is 11.5. The third-order valence-electron chi connectivity index (χ3n) is 5.45. The fraction of sp³-hybridized carbons (Fsp3) is 0.0370. The van der Waals surface area contributed by atoms with Crippen LogP contribution in [0.25, 0.3) is 39.5 Å². The number of hydrogen-bond acceptors (Lipinski definition) is 2. The predicted octanol–water partition coefficient (Wildman–Crippen LogP) is 6.16. The molecule has 4 heteroatoms. The number of aromatic nitrogens is 2. The summed E-state index contributed by atoms with van der Waals surface area (Å²) in [5.41, 5.74) is 2.68. The Balaban J connectivity index is 1.77. The summed E-state index contributed by atoms with van der Waals surface area (Å²) in [4.78, 5) is 18.1. The lowest BCUT2D eigenvalue weighted by Gasteiger charge is -2.14. The maximum absolute atomic E-state index is 14.1. The molecule has 0 aliphatic carbocycles. The number of halogens is 1. The number of hydrogen-bond donors (Lipinski definition) is 0. The monoisotopic (exact) mass is 406 g/mol. The second-order valence-corrected chi connectivity index (χ2v) is 7.46. The number of fused-ring (bicyclic) bond motifs is 2. The molecule has 0 atom stereocenters. The van der Waals surface area contributed by atoms with Crippen LogP contribution in [0, 0.1) is 12.7 Å². The number of nitrogens with zero attached hydrogens (tertiary/aromatic N) is 2. The highest BCUT2D eigenvalue weighted by Gasteiger charge is 2.13. The van der Waals surface area contributed by atoms with Crippen LogP contribution in [0.1, 0.15) is 17.0 Å². The van der Waals surface area contributed by atoms with E-state index >= 15 is 0 Å². The summed E-state index contributed by atoms with van der Waals surface area (Å²) in [6.07, 6.45) is 3.77. The van der Waals surface area contributed by atoms with Crippen LogP contribution >= 0.6 is 0 Å². The van der Waals surface area contributed by atoms with Gasteiger partial charge in [0.1, 0.15) is 11.6 Å². The largest absolute Gasteiger partial charge is 0.268 e. The minimum atomic E-state index is -0.398. The van der Waals surface area contributed by atoms with Crippen molar-refractivity contribution >= 4 is 33.8 Å². The Labute approximate surface area is 178 Å². The summed E-state index contributed by atoms with van der Waals surface area (Å²) in [7, 11) is 0. The molecule has 5 aromatic rings. The van der Waals surface area contributed by atoms with Crippen LogP contribution < -0.4 is 5.56 Å². The van der Waals surface area contributed by atoms with Gasteiger partial charge in [0.15, 0.2) is 0 Å². The Kier molecular flexibility index (Phi) is 4.68. The van der Waals surface area contributed by atoms with Crippen LogP contribution in [0.3, 0.4) is 0 Å². The fourth-order valence-corrected chi connectivity index (χ4v) is 3.88. The Morgan fingerprint density at radius 1 is 0.839 bits per heavy atom. The van der Waals surface area contributed by atoms with Crippen molar-refractivity contribution in [1.29, 1.82) is 0 Å². The van der Waals surface area contributed by atoms with Gasteiger partial charge in [0.2, 0.25) is 0 Å². The van der Waals surface area contributed by atoms with Crippen molar-refractivity contribution in [2.45, 2.75) is 6.92 Å². The van der Waals surface area contributed by atoms with E-state index in [2.05, 4.69) is 18.2 Å². The molecule has 0 unspecified atom stereocenters. The standard InChI is InChI=1S/C27H19FN2O/c1-18-13-15-21(28)17-25(18)30-26(29-24-12-5-4-11-23(24)27(30)31)16-14-20-9-6-8-19-7-2-3-10-22(19)20/h2-17H,1H3/b16-14+. The molecule has 0 fully saturated rings. The molecule has 0 radical (unpaired) electrons. The van der Waals surface area contributed by atoms with Gasteiger partial charge < -0.3 is 0 Å². The van der Waals surface area contributed by atoms with Gasteiger partial charge in [-0.15, -0.1) is 0 Å². The smallest absolute Gasteiger partial charge is 0.266 e. The average molecular weight is 406 g/mol. The molecule has 5 rings (SSSR count). The highest BCUT2D eigenvalue weighted by molar-refractivity contribution is 5.92. The van der Waals surface area contributed by atoms with Gasteiger partial charge in [-0.2, -0.15) is 0 Å². The van der Waals surface area contributed by atoms with Gasteiger partial charge in [-0.3, -0.25) is 9.36 Å². The van der Waals surface area contributed by atoms with Crippen LogP contribution in [0.15, 0.2) is 89.7 Å². The van der Waals surface area contributed by atoms with Gasteiger partial charge in [0.25, 0.3) is 5.56 Å². The van der Waals surface area contributed by atoms with Crippen molar-refractivity contribution in [2.24, 2.45) is 0 Å². The van der Waals surface area contributed by atoms with E-state index in [1.165, 1.54) is 16.7 Å². The van der Waals surface area contributed by atoms with Crippen molar-refractivity contribution in [2.75, 3.05) is 0 Å². The van der Waals surface area contributed by atoms with Gasteiger partial charge in [0, 0.05) is 0 Å². The van der Waals surface area contributed by atoms with Crippen LogP contribution in [0.4, 0.5) is 4.39 Å². The molecule has 4 aromatic carbocycles. The molecule has 0 aliphatic rings. The van der Waals surface area contributed by atoms with Crippen LogP contribution in [-0.2, 0) is 0 Å². The zero-order valence-electron chi connectivity index (χ0n) is 16.9. The van der Waals surface area contributed by atoms with Gasteiger partial charge >= 0.3 is 0 Å². The molecule has 0 N–H and O–H groups in total. The van der Waals surface area contributed by atoms with E-state index in [9.17, 15) is 9.18 Å². The molecule has 1 aromatic heterocycles.